The van der Waals surface area contributed by atoms with Crippen LogP contribution in [-0.2, 0) is 0 Å². The molecule has 1 saturated heterocycles. The molecule has 1 atom stereocenters. The van der Waals surface area contributed by atoms with Crippen molar-refractivity contribution in [3.63, 3.8) is 0 Å². The van der Waals surface area contributed by atoms with Gasteiger partial charge in [0.1, 0.15) is 11.4 Å². The van der Waals surface area contributed by atoms with E-state index in [-0.39, 0.29) is 5.75 Å². The Balaban J connectivity index is 1.58. The molecule has 2 N–H and O–H groups in total. The van der Waals surface area contributed by atoms with Crippen LogP contribution in [0.1, 0.15) is 42.7 Å². The Labute approximate surface area is 176 Å². The molecular weight excluding hydrogens is 374 g/mol. The molecule has 152 valence electrons. The molecule has 5 rings (SSSR count). The number of likely N-dealkylation sites (tertiary alicyclic amines) is 1. The monoisotopic (exact) mass is 399 g/mol. The number of phenols is 1. The fraction of sp³-hybridized carbons (Fsp3) is 0.375. The summed E-state index contributed by atoms with van der Waals surface area (Å²) in [6.45, 7) is 2.06. The zero-order chi connectivity index (χ0) is 20.7. The van der Waals surface area contributed by atoms with Crippen LogP contribution < -0.4 is 5.32 Å². The quantitative estimate of drug-likeness (QED) is 0.682. The van der Waals surface area contributed by atoms with Crippen molar-refractivity contribution in [3.8, 4) is 23.1 Å². The largest absolute Gasteiger partial charge is 0.507 e. The number of fused-ring (bicyclic) bond motifs is 1. The van der Waals surface area contributed by atoms with Gasteiger partial charge in [0.25, 0.3) is 0 Å². The van der Waals surface area contributed by atoms with Crippen LogP contribution in [0.2, 0.25) is 0 Å². The number of aromatic hydroxyl groups is 1. The van der Waals surface area contributed by atoms with Gasteiger partial charge < -0.3 is 15.3 Å². The minimum atomic E-state index is 0.231. The topological polar surface area (TPSA) is 85.1 Å². The first kappa shape index (κ1) is 18.8. The number of rotatable bonds is 4. The van der Waals surface area contributed by atoms with Gasteiger partial charge >= 0.3 is 0 Å². The average molecular weight is 399 g/mol. The first-order valence-electron chi connectivity index (χ1n) is 10.6. The summed E-state index contributed by atoms with van der Waals surface area (Å²) in [6.07, 6.45) is 4.60. The van der Waals surface area contributed by atoms with Crippen molar-refractivity contribution in [2.75, 3.05) is 25.5 Å². The van der Waals surface area contributed by atoms with Crippen molar-refractivity contribution >= 4 is 16.6 Å². The summed E-state index contributed by atoms with van der Waals surface area (Å²) in [5.41, 5.74) is 3.07. The Kier molecular flexibility index (Phi) is 4.76. The Bertz CT molecular complexity index is 1150. The molecule has 0 spiro atoms. The van der Waals surface area contributed by atoms with Crippen LogP contribution in [0.15, 0.2) is 36.4 Å². The molecule has 1 aliphatic carbocycles. The molecule has 2 aliphatic rings. The molecule has 1 saturated carbocycles. The zero-order valence-corrected chi connectivity index (χ0v) is 17.1. The van der Waals surface area contributed by atoms with Gasteiger partial charge in [-0.3, -0.25) is 0 Å². The number of aromatic nitrogens is 2. The third-order valence-corrected chi connectivity index (χ3v) is 6.20. The van der Waals surface area contributed by atoms with E-state index in [1.807, 2.05) is 24.3 Å². The highest BCUT2D eigenvalue weighted by atomic mass is 16.3. The lowest BCUT2D eigenvalue weighted by molar-refractivity contribution is 0.261. The Morgan fingerprint density at radius 3 is 2.70 bits per heavy atom. The molecule has 0 bridgehead atoms. The number of likely N-dealkylation sites (N-methyl/N-ethyl adjacent to an activating group) is 1. The number of piperidine rings is 1. The number of nitrogens with one attached hydrogen (secondary N) is 1. The molecule has 0 radical (unpaired) electrons. The van der Waals surface area contributed by atoms with Crippen molar-refractivity contribution in [1.29, 1.82) is 5.26 Å². The summed E-state index contributed by atoms with van der Waals surface area (Å²) in [4.78, 5) is 2.31. The molecule has 2 heterocycles. The highest BCUT2D eigenvalue weighted by Crippen LogP contribution is 2.43. The number of phenolic OH excluding ortho intramolecular Hbond substituents is 1. The lowest BCUT2D eigenvalue weighted by Crippen LogP contribution is -2.40. The molecule has 6 nitrogen and oxygen atoms in total. The molecule has 1 aliphatic heterocycles. The second-order valence-corrected chi connectivity index (χ2v) is 8.57. The van der Waals surface area contributed by atoms with Crippen LogP contribution in [0.5, 0.6) is 5.75 Å². The maximum atomic E-state index is 10.7. The van der Waals surface area contributed by atoms with E-state index in [1.165, 1.54) is 18.4 Å². The molecule has 3 aromatic rings. The summed E-state index contributed by atoms with van der Waals surface area (Å²) in [5.74, 6) is 1.50. The summed E-state index contributed by atoms with van der Waals surface area (Å²) >= 11 is 0. The van der Waals surface area contributed by atoms with E-state index in [2.05, 4.69) is 39.6 Å². The van der Waals surface area contributed by atoms with Gasteiger partial charge in [-0.2, -0.15) is 5.26 Å². The lowest BCUT2D eigenvalue weighted by atomic mass is 9.99. The molecule has 0 amide bonds. The van der Waals surface area contributed by atoms with Crippen LogP contribution >= 0.6 is 0 Å². The molecule has 30 heavy (non-hydrogen) atoms. The van der Waals surface area contributed by atoms with Crippen molar-refractivity contribution in [2.45, 2.75) is 37.6 Å². The summed E-state index contributed by atoms with van der Waals surface area (Å²) in [6, 6.07) is 13.9. The molecule has 1 aromatic heterocycles. The summed E-state index contributed by atoms with van der Waals surface area (Å²) < 4.78 is 0. The highest BCUT2D eigenvalue weighted by Gasteiger charge is 2.25. The average Bonchev–Trinajstić information content (AvgIpc) is 3.59. The SMILES string of the molecule is CN1CCCC(Nc2nnc(-c3ccc(C4CC4)cc3O)c3ccc(C#N)cc23)C1. The Morgan fingerprint density at radius 1 is 1.10 bits per heavy atom. The van der Waals surface area contributed by atoms with Gasteiger partial charge in [-0.05, 0) is 75.0 Å². The van der Waals surface area contributed by atoms with Gasteiger partial charge in [-0.25, -0.2) is 0 Å². The van der Waals surface area contributed by atoms with E-state index in [0.29, 0.717) is 34.6 Å². The standard InChI is InChI=1S/C24H25N5O/c1-29-10-2-3-18(14-29)26-24-21-11-15(13-25)4-8-19(21)23(27-28-24)20-9-7-17(12-22(20)30)16-5-6-16/h4,7-9,11-12,16,18,30H,2-3,5-6,10,14H2,1H3,(H,26,28). The van der Waals surface area contributed by atoms with E-state index < -0.39 is 0 Å². The fourth-order valence-corrected chi connectivity index (χ4v) is 4.43. The molecule has 1 unspecified atom stereocenters. The first-order valence-corrected chi connectivity index (χ1v) is 10.6. The van der Waals surface area contributed by atoms with Crippen molar-refractivity contribution in [1.82, 2.24) is 15.1 Å². The van der Waals surface area contributed by atoms with Gasteiger partial charge in [-0.1, -0.05) is 12.1 Å². The minimum absolute atomic E-state index is 0.231. The van der Waals surface area contributed by atoms with Gasteiger partial charge in [0.15, 0.2) is 5.82 Å². The van der Waals surface area contributed by atoms with Crippen LogP contribution in [0.25, 0.3) is 22.0 Å². The maximum Gasteiger partial charge on any atom is 0.156 e. The smallest absolute Gasteiger partial charge is 0.156 e. The maximum absolute atomic E-state index is 10.7. The highest BCUT2D eigenvalue weighted by molar-refractivity contribution is 6.01. The molecular formula is C24H25N5O. The van der Waals surface area contributed by atoms with Crippen molar-refractivity contribution < 1.29 is 5.11 Å². The summed E-state index contributed by atoms with van der Waals surface area (Å²) in [5, 5.41) is 34.4. The van der Waals surface area contributed by atoms with E-state index >= 15 is 0 Å². The van der Waals surface area contributed by atoms with E-state index in [9.17, 15) is 10.4 Å². The number of benzene rings is 2. The number of hydrogen-bond acceptors (Lipinski definition) is 6. The summed E-state index contributed by atoms with van der Waals surface area (Å²) in [7, 11) is 2.13. The Morgan fingerprint density at radius 2 is 1.97 bits per heavy atom. The molecule has 6 heteroatoms. The minimum Gasteiger partial charge on any atom is -0.507 e. The van der Waals surface area contributed by atoms with Gasteiger partial charge in [0, 0.05) is 28.9 Å². The predicted octanol–water partition coefficient (Wildman–Crippen LogP) is 4.26. The zero-order valence-electron chi connectivity index (χ0n) is 17.1. The van der Waals surface area contributed by atoms with E-state index in [0.717, 1.165) is 36.7 Å². The van der Waals surface area contributed by atoms with Crippen LogP contribution in [0, 0.1) is 11.3 Å². The number of nitrogens with zero attached hydrogens (tertiary/aromatic N) is 4. The molecule has 2 fully saturated rings. The van der Waals surface area contributed by atoms with Gasteiger partial charge in [0.2, 0.25) is 0 Å². The van der Waals surface area contributed by atoms with Crippen LogP contribution in [-0.4, -0.2) is 46.4 Å². The van der Waals surface area contributed by atoms with E-state index in [1.54, 1.807) is 6.07 Å². The van der Waals surface area contributed by atoms with Gasteiger partial charge in [0.05, 0.1) is 11.6 Å². The van der Waals surface area contributed by atoms with Crippen molar-refractivity contribution in [3.05, 3.63) is 47.5 Å². The van der Waals surface area contributed by atoms with Crippen LogP contribution in [0.4, 0.5) is 5.82 Å². The third kappa shape index (κ3) is 3.57. The number of nitriles is 1. The van der Waals surface area contributed by atoms with E-state index in [4.69, 9.17) is 0 Å². The van der Waals surface area contributed by atoms with Crippen LogP contribution in [0.3, 0.4) is 0 Å². The third-order valence-electron chi connectivity index (χ3n) is 6.20. The fourth-order valence-electron chi connectivity index (χ4n) is 4.43. The number of anilines is 1. The van der Waals surface area contributed by atoms with Gasteiger partial charge in [-0.15, -0.1) is 10.2 Å². The number of hydrogen-bond donors (Lipinski definition) is 2. The van der Waals surface area contributed by atoms with Crippen molar-refractivity contribution in [2.24, 2.45) is 0 Å². The normalized spacial score (nSPS) is 19.5. The first-order chi connectivity index (χ1) is 14.6. The second-order valence-electron chi connectivity index (χ2n) is 8.57. The predicted molar refractivity (Wildman–Crippen MR) is 117 cm³/mol. The Hall–Kier alpha value is -3.17. The second kappa shape index (κ2) is 7.58. The molecule has 2 aromatic carbocycles. The lowest BCUT2D eigenvalue weighted by Gasteiger charge is -2.30.